The first-order valence-corrected chi connectivity index (χ1v) is 7.44. The van der Waals surface area contributed by atoms with Crippen LogP contribution in [0.5, 0.6) is 0 Å². The summed E-state index contributed by atoms with van der Waals surface area (Å²) < 4.78 is 0. The monoisotopic (exact) mass is 275 g/mol. The Labute approximate surface area is 121 Å². The zero-order valence-electron chi connectivity index (χ0n) is 12.5. The molecular formula is C16H25N3O. The average molecular weight is 275 g/mol. The van der Waals surface area contributed by atoms with Crippen LogP contribution in [-0.4, -0.2) is 23.9 Å². The third-order valence-corrected chi connectivity index (χ3v) is 4.74. The fourth-order valence-electron chi connectivity index (χ4n) is 3.14. The molecule has 1 aliphatic heterocycles. The molecule has 1 aromatic rings. The highest BCUT2D eigenvalue weighted by Gasteiger charge is 2.34. The highest BCUT2D eigenvalue weighted by Crippen LogP contribution is 2.37. The summed E-state index contributed by atoms with van der Waals surface area (Å²) in [5, 5.41) is 0. The molecule has 1 amide bonds. The van der Waals surface area contributed by atoms with Crippen LogP contribution in [0.4, 0.5) is 0 Å². The van der Waals surface area contributed by atoms with Gasteiger partial charge in [0, 0.05) is 18.7 Å². The number of amides is 1. The van der Waals surface area contributed by atoms with Crippen LogP contribution in [0.15, 0.2) is 24.3 Å². The third kappa shape index (κ3) is 3.19. The molecule has 1 aromatic carbocycles. The Morgan fingerprint density at radius 2 is 2.15 bits per heavy atom. The summed E-state index contributed by atoms with van der Waals surface area (Å²) in [6, 6.07) is 7.71. The minimum absolute atomic E-state index is 0.232. The zero-order chi connectivity index (χ0) is 14.6. The summed E-state index contributed by atoms with van der Waals surface area (Å²) in [5.74, 6) is 4.95. The minimum Gasteiger partial charge on any atom is -0.299 e. The number of hydrogen-bond acceptors (Lipinski definition) is 3. The lowest BCUT2D eigenvalue weighted by atomic mass is 9.82. The summed E-state index contributed by atoms with van der Waals surface area (Å²) in [4.78, 5) is 14.0. The first-order chi connectivity index (χ1) is 9.62. The van der Waals surface area contributed by atoms with Gasteiger partial charge in [-0.25, -0.2) is 5.84 Å². The Kier molecular flexibility index (Phi) is 4.78. The number of carbonyl (C=O) groups is 1. The molecule has 1 heterocycles. The quantitative estimate of drug-likeness (QED) is 0.492. The number of hydrazine groups is 1. The predicted octanol–water partition coefficient (Wildman–Crippen LogP) is 2.30. The SMILES string of the molecule is CCC1(CC)CCN(Cc2cccc(C(=O)NN)c2)C1. The van der Waals surface area contributed by atoms with Gasteiger partial charge in [-0.1, -0.05) is 26.0 Å². The van der Waals surface area contributed by atoms with Gasteiger partial charge in [0.05, 0.1) is 0 Å². The predicted molar refractivity (Wildman–Crippen MR) is 81.0 cm³/mol. The molecule has 3 N–H and O–H groups in total. The lowest BCUT2D eigenvalue weighted by Crippen LogP contribution is -2.30. The van der Waals surface area contributed by atoms with E-state index in [9.17, 15) is 4.79 Å². The number of nitrogens with zero attached hydrogens (tertiary/aromatic N) is 1. The highest BCUT2D eigenvalue weighted by molar-refractivity contribution is 5.93. The molecule has 20 heavy (non-hydrogen) atoms. The number of rotatable bonds is 5. The van der Waals surface area contributed by atoms with Crippen LogP contribution in [0.3, 0.4) is 0 Å². The standard InChI is InChI=1S/C16H25N3O/c1-3-16(4-2)8-9-19(12-16)11-13-6-5-7-14(10-13)15(20)18-17/h5-7,10H,3-4,8-9,11-12,17H2,1-2H3,(H,18,20). The molecule has 1 saturated heterocycles. The highest BCUT2D eigenvalue weighted by atomic mass is 16.2. The fourth-order valence-corrected chi connectivity index (χ4v) is 3.14. The second-order valence-corrected chi connectivity index (χ2v) is 5.84. The van der Waals surface area contributed by atoms with Gasteiger partial charge in [-0.05, 0) is 48.9 Å². The summed E-state index contributed by atoms with van der Waals surface area (Å²) in [6.45, 7) is 7.80. The van der Waals surface area contributed by atoms with Crippen molar-refractivity contribution in [1.82, 2.24) is 10.3 Å². The van der Waals surface area contributed by atoms with E-state index in [4.69, 9.17) is 5.84 Å². The molecule has 1 aliphatic rings. The molecule has 0 bridgehead atoms. The molecule has 4 nitrogen and oxygen atoms in total. The molecule has 0 aromatic heterocycles. The largest absolute Gasteiger partial charge is 0.299 e. The number of carbonyl (C=O) groups excluding carboxylic acids is 1. The summed E-state index contributed by atoms with van der Waals surface area (Å²) in [7, 11) is 0. The Balaban J connectivity index is 2.03. The number of nitrogens with two attached hydrogens (primary N) is 1. The van der Waals surface area contributed by atoms with E-state index in [0.717, 1.165) is 19.6 Å². The van der Waals surface area contributed by atoms with E-state index in [1.54, 1.807) is 6.07 Å². The van der Waals surface area contributed by atoms with E-state index < -0.39 is 0 Å². The lowest BCUT2D eigenvalue weighted by molar-refractivity contribution is 0.0953. The molecule has 0 atom stereocenters. The molecule has 4 heteroatoms. The normalized spacial score (nSPS) is 18.1. The molecule has 0 saturated carbocycles. The summed E-state index contributed by atoms with van der Waals surface area (Å²) in [6.07, 6.45) is 3.77. The fraction of sp³-hybridized carbons (Fsp3) is 0.562. The number of nitrogen functional groups attached to an aromatic ring is 1. The maximum atomic E-state index is 11.5. The maximum Gasteiger partial charge on any atom is 0.265 e. The Hall–Kier alpha value is -1.39. The van der Waals surface area contributed by atoms with E-state index in [0.29, 0.717) is 11.0 Å². The number of nitrogens with one attached hydrogen (secondary N) is 1. The van der Waals surface area contributed by atoms with Gasteiger partial charge in [-0.2, -0.15) is 0 Å². The van der Waals surface area contributed by atoms with Gasteiger partial charge in [0.2, 0.25) is 0 Å². The van der Waals surface area contributed by atoms with Gasteiger partial charge in [-0.3, -0.25) is 15.1 Å². The van der Waals surface area contributed by atoms with Crippen molar-refractivity contribution in [2.24, 2.45) is 11.3 Å². The molecule has 0 radical (unpaired) electrons. The van der Waals surface area contributed by atoms with Gasteiger partial charge in [-0.15, -0.1) is 0 Å². The van der Waals surface area contributed by atoms with Crippen LogP contribution in [0.25, 0.3) is 0 Å². The van der Waals surface area contributed by atoms with Gasteiger partial charge in [0.15, 0.2) is 0 Å². The van der Waals surface area contributed by atoms with Crippen molar-refractivity contribution in [2.45, 2.75) is 39.7 Å². The zero-order valence-corrected chi connectivity index (χ0v) is 12.5. The molecule has 0 aliphatic carbocycles. The van der Waals surface area contributed by atoms with Gasteiger partial charge in [0.25, 0.3) is 5.91 Å². The lowest BCUT2D eigenvalue weighted by Gasteiger charge is -2.26. The second kappa shape index (κ2) is 6.37. The van der Waals surface area contributed by atoms with Crippen molar-refractivity contribution in [1.29, 1.82) is 0 Å². The molecule has 0 unspecified atom stereocenters. The van der Waals surface area contributed by atoms with Crippen LogP contribution in [0, 0.1) is 5.41 Å². The van der Waals surface area contributed by atoms with Crippen molar-refractivity contribution in [2.75, 3.05) is 13.1 Å². The number of likely N-dealkylation sites (tertiary alicyclic amines) is 1. The van der Waals surface area contributed by atoms with Crippen LogP contribution >= 0.6 is 0 Å². The summed E-state index contributed by atoms with van der Waals surface area (Å²) >= 11 is 0. The van der Waals surface area contributed by atoms with Gasteiger partial charge >= 0.3 is 0 Å². The Morgan fingerprint density at radius 3 is 2.75 bits per heavy atom. The topological polar surface area (TPSA) is 58.4 Å². The molecule has 0 spiro atoms. The van der Waals surface area contributed by atoms with Crippen LogP contribution in [0.2, 0.25) is 0 Å². The summed E-state index contributed by atoms with van der Waals surface area (Å²) in [5.41, 5.74) is 4.47. The van der Waals surface area contributed by atoms with E-state index in [1.807, 2.05) is 12.1 Å². The molecular weight excluding hydrogens is 250 g/mol. The first-order valence-electron chi connectivity index (χ1n) is 7.44. The minimum atomic E-state index is -0.232. The average Bonchev–Trinajstić information content (AvgIpc) is 2.90. The second-order valence-electron chi connectivity index (χ2n) is 5.84. The first kappa shape index (κ1) is 15.0. The van der Waals surface area contributed by atoms with Crippen molar-refractivity contribution < 1.29 is 4.79 Å². The maximum absolute atomic E-state index is 11.5. The van der Waals surface area contributed by atoms with E-state index in [-0.39, 0.29) is 5.91 Å². The molecule has 2 rings (SSSR count). The smallest absolute Gasteiger partial charge is 0.265 e. The van der Waals surface area contributed by atoms with Crippen LogP contribution in [0.1, 0.15) is 49.0 Å². The van der Waals surface area contributed by atoms with Crippen molar-refractivity contribution in [3.8, 4) is 0 Å². The van der Waals surface area contributed by atoms with E-state index in [1.165, 1.54) is 24.8 Å². The Morgan fingerprint density at radius 1 is 1.40 bits per heavy atom. The van der Waals surface area contributed by atoms with Gasteiger partial charge < -0.3 is 0 Å². The van der Waals surface area contributed by atoms with E-state index in [2.05, 4.69) is 30.2 Å². The number of hydrogen-bond donors (Lipinski definition) is 2. The Bertz CT molecular complexity index is 469. The van der Waals surface area contributed by atoms with E-state index >= 15 is 0 Å². The van der Waals surface area contributed by atoms with Crippen LogP contribution in [-0.2, 0) is 6.54 Å². The third-order valence-electron chi connectivity index (χ3n) is 4.74. The van der Waals surface area contributed by atoms with Crippen LogP contribution < -0.4 is 11.3 Å². The van der Waals surface area contributed by atoms with Crippen molar-refractivity contribution in [3.05, 3.63) is 35.4 Å². The van der Waals surface area contributed by atoms with Crippen molar-refractivity contribution >= 4 is 5.91 Å². The number of benzene rings is 1. The van der Waals surface area contributed by atoms with Gasteiger partial charge in [0.1, 0.15) is 0 Å². The molecule has 110 valence electrons. The van der Waals surface area contributed by atoms with Crippen molar-refractivity contribution in [3.63, 3.8) is 0 Å². The molecule has 1 fully saturated rings.